The van der Waals surface area contributed by atoms with Crippen LogP contribution >= 0.6 is 0 Å². The second kappa shape index (κ2) is 12.0. The Balaban J connectivity index is 1.22. The van der Waals surface area contributed by atoms with Crippen molar-refractivity contribution >= 4 is 11.0 Å². The van der Waals surface area contributed by atoms with Crippen LogP contribution < -0.4 is 4.74 Å². The fourth-order valence-corrected chi connectivity index (χ4v) is 9.03. The first-order valence-corrected chi connectivity index (χ1v) is 18.5. The zero-order chi connectivity index (χ0) is 36.5. The van der Waals surface area contributed by atoms with E-state index in [2.05, 4.69) is 168 Å². The number of aromatic nitrogens is 2. The Hall–Kier alpha value is -7.48. The number of nitriles is 1. The lowest BCUT2D eigenvalue weighted by atomic mass is 9.66. The van der Waals surface area contributed by atoms with Crippen molar-refractivity contribution in [3.63, 3.8) is 0 Å². The van der Waals surface area contributed by atoms with E-state index in [1.54, 1.807) is 0 Å². The van der Waals surface area contributed by atoms with Crippen LogP contribution in [0.5, 0.6) is 11.5 Å². The second-order valence-electron chi connectivity index (χ2n) is 14.2. The summed E-state index contributed by atoms with van der Waals surface area (Å²) in [4.78, 5) is 5.28. The summed E-state index contributed by atoms with van der Waals surface area (Å²) in [6.07, 6.45) is 0. The van der Waals surface area contributed by atoms with Gasteiger partial charge in [-0.15, -0.1) is 0 Å². The minimum absolute atomic E-state index is 0.622. The molecule has 55 heavy (non-hydrogen) atoms. The van der Waals surface area contributed by atoms with Crippen molar-refractivity contribution in [2.45, 2.75) is 5.41 Å². The van der Waals surface area contributed by atoms with E-state index in [0.717, 1.165) is 78.6 Å². The molecule has 0 saturated heterocycles. The van der Waals surface area contributed by atoms with E-state index >= 15 is 0 Å². The largest absolute Gasteiger partial charge is 0.457 e. The number of imidazole rings is 1. The summed E-state index contributed by atoms with van der Waals surface area (Å²) in [5, 5.41) is 9.66. The Morgan fingerprint density at radius 1 is 0.491 bits per heavy atom. The van der Waals surface area contributed by atoms with Crippen LogP contribution in [0.4, 0.5) is 0 Å². The van der Waals surface area contributed by atoms with Crippen LogP contribution in [0.3, 0.4) is 0 Å². The minimum atomic E-state index is -0.622. The van der Waals surface area contributed by atoms with E-state index in [4.69, 9.17) is 9.72 Å². The van der Waals surface area contributed by atoms with Crippen LogP contribution in [0.2, 0.25) is 0 Å². The number of ether oxygens (including phenoxy) is 1. The monoisotopic (exact) mass is 701 g/mol. The van der Waals surface area contributed by atoms with E-state index in [-0.39, 0.29) is 0 Å². The van der Waals surface area contributed by atoms with Crippen molar-refractivity contribution in [2.75, 3.05) is 0 Å². The molecular formula is C51H31N3O. The Bertz CT molecular complexity index is 3000. The normalized spacial score (nSPS) is 13.0. The summed E-state index contributed by atoms with van der Waals surface area (Å²) in [6, 6.07) is 68.3. The predicted octanol–water partition coefficient (Wildman–Crippen LogP) is 12.4. The minimum Gasteiger partial charge on any atom is -0.457 e. The molecular weight excluding hydrogens is 671 g/mol. The highest BCUT2D eigenvalue weighted by molar-refractivity contribution is 5.98. The summed E-state index contributed by atoms with van der Waals surface area (Å²) in [6.45, 7) is 0. The second-order valence-corrected chi connectivity index (χ2v) is 14.2. The molecule has 256 valence electrons. The van der Waals surface area contributed by atoms with E-state index < -0.39 is 5.41 Å². The smallest absolute Gasteiger partial charge is 0.145 e. The molecule has 1 aliphatic heterocycles. The van der Waals surface area contributed by atoms with Crippen LogP contribution in [-0.2, 0) is 5.41 Å². The first kappa shape index (κ1) is 31.1. The van der Waals surface area contributed by atoms with Crippen molar-refractivity contribution in [1.29, 1.82) is 5.26 Å². The van der Waals surface area contributed by atoms with Crippen LogP contribution in [0.25, 0.3) is 61.5 Å². The number of hydrogen-bond acceptors (Lipinski definition) is 3. The SMILES string of the molecule is N#Cc1cccc(-c2cccc(-c3cccc4c3-c3cc(-c5nc6ccccc6n5-c5ccccc5)ccc3C43c4ccccc4Oc4ccccc43)c2)c1. The maximum Gasteiger partial charge on any atom is 0.145 e. The lowest BCUT2D eigenvalue weighted by Gasteiger charge is -2.39. The van der Waals surface area contributed by atoms with E-state index in [1.165, 1.54) is 16.7 Å². The third-order valence-electron chi connectivity index (χ3n) is 11.3. The van der Waals surface area contributed by atoms with Gasteiger partial charge in [0, 0.05) is 22.4 Å². The van der Waals surface area contributed by atoms with Gasteiger partial charge < -0.3 is 4.74 Å². The number of nitrogens with zero attached hydrogens (tertiary/aromatic N) is 3. The molecule has 0 unspecified atom stereocenters. The quantitative estimate of drug-likeness (QED) is 0.184. The first-order valence-electron chi connectivity index (χ1n) is 18.5. The van der Waals surface area contributed by atoms with Gasteiger partial charge >= 0.3 is 0 Å². The van der Waals surface area contributed by atoms with Gasteiger partial charge in [-0.25, -0.2) is 4.98 Å². The Morgan fingerprint density at radius 2 is 1.15 bits per heavy atom. The van der Waals surface area contributed by atoms with Gasteiger partial charge in [0.05, 0.1) is 28.1 Å². The van der Waals surface area contributed by atoms with Crippen LogP contribution in [-0.4, -0.2) is 9.55 Å². The van der Waals surface area contributed by atoms with Gasteiger partial charge in [0.1, 0.15) is 17.3 Å². The lowest BCUT2D eigenvalue weighted by molar-refractivity contribution is 0.436. The summed E-state index contributed by atoms with van der Waals surface area (Å²) in [7, 11) is 0. The number of rotatable bonds is 4. The summed E-state index contributed by atoms with van der Waals surface area (Å²) >= 11 is 0. The molecule has 1 aliphatic carbocycles. The van der Waals surface area contributed by atoms with E-state index in [9.17, 15) is 5.26 Å². The van der Waals surface area contributed by atoms with Crippen molar-refractivity contribution in [2.24, 2.45) is 0 Å². The Labute approximate surface area is 318 Å². The third-order valence-corrected chi connectivity index (χ3v) is 11.3. The highest BCUT2D eigenvalue weighted by Gasteiger charge is 2.51. The fraction of sp³-hybridized carbons (Fsp3) is 0.0196. The zero-order valence-electron chi connectivity index (χ0n) is 29.6. The summed E-state index contributed by atoms with van der Waals surface area (Å²) in [5.74, 6) is 2.61. The first-order chi connectivity index (χ1) is 27.2. The topological polar surface area (TPSA) is 50.8 Å². The molecule has 0 bridgehead atoms. The van der Waals surface area contributed by atoms with Gasteiger partial charge in [-0.05, 0) is 105 Å². The fourth-order valence-electron chi connectivity index (χ4n) is 9.03. The lowest BCUT2D eigenvalue weighted by Crippen LogP contribution is -2.32. The molecule has 2 heterocycles. The molecule has 8 aromatic carbocycles. The predicted molar refractivity (Wildman–Crippen MR) is 219 cm³/mol. The maximum atomic E-state index is 9.66. The number of hydrogen-bond donors (Lipinski definition) is 0. The zero-order valence-corrected chi connectivity index (χ0v) is 29.6. The van der Waals surface area contributed by atoms with Crippen LogP contribution in [0.1, 0.15) is 27.8 Å². The molecule has 11 rings (SSSR count). The van der Waals surface area contributed by atoms with Crippen molar-refractivity contribution in [3.05, 3.63) is 216 Å². The Morgan fingerprint density at radius 3 is 1.95 bits per heavy atom. The summed E-state index contributed by atoms with van der Waals surface area (Å²) in [5.41, 5.74) is 15.5. The molecule has 0 N–H and O–H groups in total. The number of fused-ring (bicyclic) bond motifs is 10. The molecule has 1 spiro atoms. The molecule has 4 nitrogen and oxygen atoms in total. The molecule has 0 amide bonds. The molecule has 1 aromatic heterocycles. The average molecular weight is 702 g/mol. The van der Waals surface area contributed by atoms with Gasteiger partial charge in [0.25, 0.3) is 0 Å². The van der Waals surface area contributed by atoms with Gasteiger partial charge in [0.15, 0.2) is 0 Å². The molecule has 2 aliphatic rings. The van der Waals surface area contributed by atoms with Crippen LogP contribution in [0, 0.1) is 11.3 Å². The van der Waals surface area contributed by atoms with Gasteiger partial charge in [-0.3, -0.25) is 4.57 Å². The highest BCUT2D eigenvalue weighted by atomic mass is 16.5. The molecule has 9 aromatic rings. The van der Waals surface area contributed by atoms with Crippen LogP contribution in [0.15, 0.2) is 188 Å². The van der Waals surface area contributed by atoms with E-state index in [0.29, 0.717) is 5.56 Å². The molecule has 0 saturated carbocycles. The van der Waals surface area contributed by atoms with Gasteiger partial charge in [0.2, 0.25) is 0 Å². The maximum absolute atomic E-state index is 9.66. The van der Waals surface area contributed by atoms with Crippen molar-refractivity contribution in [3.8, 4) is 68.0 Å². The van der Waals surface area contributed by atoms with Crippen molar-refractivity contribution in [1.82, 2.24) is 9.55 Å². The van der Waals surface area contributed by atoms with Gasteiger partial charge in [-0.1, -0.05) is 127 Å². The summed E-state index contributed by atoms with van der Waals surface area (Å²) < 4.78 is 8.92. The molecule has 0 radical (unpaired) electrons. The number of para-hydroxylation sites is 5. The third kappa shape index (κ3) is 4.54. The highest BCUT2D eigenvalue weighted by Crippen LogP contribution is 2.63. The Kier molecular flexibility index (Phi) is 6.80. The standard InChI is InChI=1S/C51H31N3O/c52-32-33-13-10-14-34(29-33)35-15-11-16-36(30-35)39-19-12-22-44-49(39)40-31-37(50-53-45-23-6-7-24-46(45)54(50)38-17-2-1-3-18-38)27-28-41(40)51(44)42-20-4-8-25-47(42)55-48-26-9-5-21-43(48)51/h1-31H. The molecule has 0 fully saturated rings. The van der Waals surface area contributed by atoms with Crippen molar-refractivity contribution < 1.29 is 4.74 Å². The van der Waals surface area contributed by atoms with E-state index in [1.807, 2.05) is 30.3 Å². The number of benzene rings is 8. The average Bonchev–Trinajstić information content (AvgIpc) is 3.78. The van der Waals surface area contributed by atoms with Gasteiger partial charge in [-0.2, -0.15) is 5.26 Å². The molecule has 0 atom stereocenters. The molecule has 4 heteroatoms.